The molecule has 118 valence electrons. The zero-order valence-corrected chi connectivity index (χ0v) is 11.8. The van der Waals surface area contributed by atoms with Crippen molar-refractivity contribution in [2.75, 3.05) is 23.8 Å². The number of likely N-dealkylation sites (N-methyl/N-ethyl adjacent to an activating group) is 1. The number of nitrogens with zero attached hydrogens (tertiary/aromatic N) is 3. The van der Waals surface area contributed by atoms with Gasteiger partial charge in [0.2, 0.25) is 5.91 Å². The fraction of sp³-hybridized carbons (Fsp3) is 0.308. The van der Waals surface area contributed by atoms with Gasteiger partial charge in [0.25, 0.3) is 0 Å². The van der Waals surface area contributed by atoms with Crippen molar-refractivity contribution in [3.63, 3.8) is 0 Å². The Balaban J connectivity index is 2.02. The average Bonchev–Trinajstić information content (AvgIpc) is 2.83. The Labute approximate surface area is 123 Å². The summed E-state index contributed by atoms with van der Waals surface area (Å²) in [6.07, 6.45) is -3.41. The van der Waals surface area contributed by atoms with Crippen LogP contribution >= 0.6 is 0 Å². The Kier molecular flexibility index (Phi) is 4.34. The maximum atomic E-state index is 12.6. The number of amides is 1. The Bertz CT molecular complexity index is 669. The molecule has 0 aliphatic heterocycles. The van der Waals surface area contributed by atoms with Gasteiger partial charge in [-0.1, -0.05) is 5.16 Å². The molecule has 2 aromatic heterocycles. The van der Waals surface area contributed by atoms with Gasteiger partial charge in [-0.15, -0.1) is 0 Å². The first-order valence-electron chi connectivity index (χ1n) is 6.23. The molecule has 0 spiro atoms. The minimum Gasteiger partial charge on any atom is -0.360 e. The van der Waals surface area contributed by atoms with Crippen LogP contribution in [0.4, 0.5) is 24.8 Å². The zero-order valence-electron chi connectivity index (χ0n) is 11.8. The van der Waals surface area contributed by atoms with Gasteiger partial charge < -0.3 is 14.7 Å². The summed E-state index contributed by atoms with van der Waals surface area (Å²) in [5.41, 5.74) is -0.822. The maximum absolute atomic E-state index is 12.6. The van der Waals surface area contributed by atoms with E-state index in [0.717, 1.165) is 18.3 Å². The molecule has 0 radical (unpaired) electrons. The number of anilines is 2. The van der Waals surface area contributed by atoms with Gasteiger partial charge in [0.1, 0.15) is 11.6 Å². The molecule has 1 N–H and O–H groups in total. The molecule has 0 fully saturated rings. The van der Waals surface area contributed by atoms with Crippen molar-refractivity contribution in [2.45, 2.75) is 13.1 Å². The second-order valence-electron chi connectivity index (χ2n) is 4.63. The van der Waals surface area contributed by atoms with Crippen LogP contribution in [0, 0.1) is 6.92 Å². The van der Waals surface area contributed by atoms with Gasteiger partial charge in [-0.25, -0.2) is 4.98 Å². The molecule has 2 heterocycles. The van der Waals surface area contributed by atoms with Gasteiger partial charge >= 0.3 is 6.18 Å². The van der Waals surface area contributed by atoms with E-state index in [1.165, 1.54) is 18.0 Å². The largest absolute Gasteiger partial charge is 0.416 e. The third kappa shape index (κ3) is 3.96. The van der Waals surface area contributed by atoms with Gasteiger partial charge in [-0.2, -0.15) is 13.2 Å². The summed E-state index contributed by atoms with van der Waals surface area (Å²) in [7, 11) is 1.47. The number of aromatic nitrogens is 2. The number of hydrogen-bond acceptors (Lipinski definition) is 5. The summed E-state index contributed by atoms with van der Waals surface area (Å²) >= 11 is 0. The Morgan fingerprint density at radius 1 is 1.41 bits per heavy atom. The van der Waals surface area contributed by atoms with Crippen LogP contribution in [0.25, 0.3) is 0 Å². The Hall–Kier alpha value is -2.58. The van der Waals surface area contributed by atoms with Crippen molar-refractivity contribution in [2.24, 2.45) is 0 Å². The van der Waals surface area contributed by atoms with Crippen LogP contribution in [0.3, 0.4) is 0 Å². The van der Waals surface area contributed by atoms with E-state index < -0.39 is 17.6 Å². The first-order valence-corrected chi connectivity index (χ1v) is 6.23. The summed E-state index contributed by atoms with van der Waals surface area (Å²) in [5, 5.41) is 6.07. The van der Waals surface area contributed by atoms with Gasteiger partial charge in [0.15, 0.2) is 5.82 Å². The van der Waals surface area contributed by atoms with Crippen LogP contribution in [0.15, 0.2) is 28.9 Å². The number of alkyl halides is 3. The van der Waals surface area contributed by atoms with Crippen molar-refractivity contribution in [1.29, 1.82) is 0 Å². The van der Waals surface area contributed by atoms with Crippen LogP contribution in [0.2, 0.25) is 0 Å². The fourth-order valence-electron chi connectivity index (χ4n) is 1.71. The highest BCUT2D eigenvalue weighted by molar-refractivity contribution is 5.93. The summed E-state index contributed by atoms with van der Waals surface area (Å²) in [5.74, 6) is 0.368. The first kappa shape index (κ1) is 15.8. The third-order valence-electron chi connectivity index (χ3n) is 2.74. The van der Waals surface area contributed by atoms with Crippen LogP contribution in [-0.4, -0.2) is 29.6 Å². The van der Waals surface area contributed by atoms with Crippen molar-refractivity contribution in [3.05, 3.63) is 35.7 Å². The number of carbonyl (C=O) groups is 1. The quantitative estimate of drug-likeness (QED) is 0.938. The highest BCUT2D eigenvalue weighted by atomic mass is 19.4. The predicted molar refractivity (Wildman–Crippen MR) is 72.4 cm³/mol. The number of rotatable bonds is 4. The molecule has 0 saturated carbocycles. The standard InChI is InChI=1S/C13H13F3N4O2/c1-8-5-10(19-22-8)18-12(21)7-20(2)11-6-9(3-4-17-11)13(14,15)16/h3-6H,7H2,1-2H3,(H,18,19,21). The molecule has 1 amide bonds. The van der Waals surface area contributed by atoms with Crippen LogP contribution in [-0.2, 0) is 11.0 Å². The minimum atomic E-state index is -4.46. The first-order chi connectivity index (χ1) is 10.3. The number of carbonyl (C=O) groups excluding carboxylic acids is 1. The number of pyridine rings is 1. The van der Waals surface area contributed by atoms with Gasteiger partial charge in [0.05, 0.1) is 12.1 Å². The monoisotopic (exact) mass is 314 g/mol. The SMILES string of the molecule is Cc1cc(NC(=O)CN(C)c2cc(C(F)(F)F)ccn2)no1. The van der Waals surface area contributed by atoms with Crippen molar-refractivity contribution < 1.29 is 22.5 Å². The second-order valence-corrected chi connectivity index (χ2v) is 4.63. The van der Waals surface area contributed by atoms with E-state index in [1.54, 1.807) is 6.92 Å². The summed E-state index contributed by atoms with van der Waals surface area (Å²) in [6.45, 7) is 1.49. The molecule has 0 aliphatic rings. The second kappa shape index (κ2) is 6.04. The molecule has 2 rings (SSSR count). The normalized spacial score (nSPS) is 11.3. The van der Waals surface area contributed by atoms with E-state index >= 15 is 0 Å². The molecule has 0 saturated heterocycles. The summed E-state index contributed by atoms with van der Waals surface area (Å²) in [6, 6.07) is 3.28. The number of hydrogen-bond donors (Lipinski definition) is 1. The summed E-state index contributed by atoms with van der Waals surface area (Å²) in [4.78, 5) is 16.9. The molecule has 22 heavy (non-hydrogen) atoms. The molecule has 9 heteroatoms. The topological polar surface area (TPSA) is 71.3 Å². The molecule has 0 aliphatic carbocycles. The van der Waals surface area contributed by atoms with Gasteiger partial charge in [-0.05, 0) is 19.1 Å². The Morgan fingerprint density at radius 2 is 2.14 bits per heavy atom. The highest BCUT2D eigenvalue weighted by Gasteiger charge is 2.31. The highest BCUT2D eigenvalue weighted by Crippen LogP contribution is 2.30. The Morgan fingerprint density at radius 3 is 2.73 bits per heavy atom. The summed E-state index contributed by atoms with van der Waals surface area (Å²) < 4.78 is 42.7. The number of halogens is 3. The predicted octanol–water partition coefficient (Wildman–Crippen LogP) is 2.47. The number of nitrogens with one attached hydrogen (secondary N) is 1. The molecule has 6 nitrogen and oxygen atoms in total. The molecule has 2 aromatic rings. The van der Waals surface area contributed by atoms with E-state index in [1.807, 2.05) is 0 Å². The molecule has 0 atom stereocenters. The van der Waals surface area contributed by atoms with E-state index in [0.29, 0.717) is 5.76 Å². The molecular formula is C13H13F3N4O2. The molecule has 0 unspecified atom stereocenters. The van der Waals surface area contributed by atoms with Crippen molar-refractivity contribution >= 4 is 17.5 Å². The zero-order chi connectivity index (χ0) is 16.3. The van der Waals surface area contributed by atoms with E-state index in [9.17, 15) is 18.0 Å². The molecular weight excluding hydrogens is 301 g/mol. The van der Waals surface area contributed by atoms with E-state index in [-0.39, 0.29) is 18.2 Å². The minimum absolute atomic E-state index is 0.0429. The van der Waals surface area contributed by atoms with Crippen LogP contribution in [0.1, 0.15) is 11.3 Å². The van der Waals surface area contributed by atoms with Gasteiger partial charge in [-0.3, -0.25) is 4.79 Å². The van der Waals surface area contributed by atoms with Gasteiger partial charge in [0, 0.05) is 19.3 Å². The average molecular weight is 314 g/mol. The van der Waals surface area contributed by atoms with E-state index in [2.05, 4.69) is 15.5 Å². The van der Waals surface area contributed by atoms with Crippen molar-refractivity contribution in [1.82, 2.24) is 10.1 Å². The number of aryl methyl sites for hydroxylation is 1. The third-order valence-corrected chi connectivity index (χ3v) is 2.74. The lowest BCUT2D eigenvalue weighted by atomic mass is 10.2. The lowest BCUT2D eigenvalue weighted by molar-refractivity contribution is -0.137. The molecule has 0 aromatic carbocycles. The maximum Gasteiger partial charge on any atom is 0.416 e. The van der Waals surface area contributed by atoms with Crippen LogP contribution < -0.4 is 10.2 Å². The lowest BCUT2D eigenvalue weighted by Gasteiger charge is -2.18. The smallest absolute Gasteiger partial charge is 0.360 e. The van der Waals surface area contributed by atoms with Crippen LogP contribution in [0.5, 0.6) is 0 Å². The fourth-order valence-corrected chi connectivity index (χ4v) is 1.71. The molecule has 0 bridgehead atoms. The van der Waals surface area contributed by atoms with E-state index in [4.69, 9.17) is 4.52 Å². The van der Waals surface area contributed by atoms with Crippen molar-refractivity contribution in [3.8, 4) is 0 Å². The lowest BCUT2D eigenvalue weighted by Crippen LogP contribution is -2.30.